The minimum Gasteiger partial charge on any atom is -0.378 e. The molecule has 2 amide bonds. The van der Waals surface area contributed by atoms with Crippen LogP contribution in [-0.4, -0.2) is 91.6 Å². The van der Waals surface area contributed by atoms with Crippen molar-refractivity contribution in [3.8, 4) is 0 Å². The molecule has 1 aromatic carbocycles. The Labute approximate surface area is 171 Å². The fraction of sp³-hybridized carbons (Fsp3) is 0.600. The number of amides is 2. The second kappa shape index (κ2) is 9.69. The first-order valence-electron chi connectivity index (χ1n) is 9.83. The molecule has 3 rings (SSSR count). The molecule has 0 aromatic heterocycles. The summed E-state index contributed by atoms with van der Waals surface area (Å²) in [5.74, 6) is 0.0974. The molecule has 0 aliphatic carbocycles. The lowest BCUT2D eigenvalue weighted by Gasteiger charge is -2.39. The van der Waals surface area contributed by atoms with Crippen molar-refractivity contribution >= 4 is 29.1 Å². The SMILES string of the molecule is Cc1ccc(NC(=O)CN2CCN(C(C)C(=O)N3CCOCC3)CC2)c(Cl)c1. The van der Waals surface area contributed by atoms with Crippen molar-refractivity contribution in [3.05, 3.63) is 28.8 Å². The van der Waals surface area contributed by atoms with Gasteiger partial charge in [-0.25, -0.2) is 0 Å². The number of carbonyl (C=O) groups excluding carboxylic acids is 2. The third kappa shape index (κ3) is 5.44. The number of nitrogens with zero attached hydrogens (tertiary/aromatic N) is 3. The summed E-state index contributed by atoms with van der Waals surface area (Å²) in [7, 11) is 0. The van der Waals surface area contributed by atoms with Gasteiger partial charge in [0.1, 0.15) is 0 Å². The van der Waals surface area contributed by atoms with Gasteiger partial charge in [0.15, 0.2) is 0 Å². The van der Waals surface area contributed by atoms with Crippen LogP contribution in [-0.2, 0) is 14.3 Å². The summed E-state index contributed by atoms with van der Waals surface area (Å²) in [5.41, 5.74) is 1.69. The number of anilines is 1. The summed E-state index contributed by atoms with van der Waals surface area (Å²) in [6.07, 6.45) is 0. The van der Waals surface area contributed by atoms with Gasteiger partial charge in [0.05, 0.1) is 36.5 Å². The Bertz CT molecular complexity index is 701. The number of aryl methyl sites for hydroxylation is 1. The van der Waals surface area contributed by atoms with Crippen LogP contribution in [0.5, 0.6) is 0 Å². The van der Waals surface area contributed by atoms with Crippen LogP contribution in [0.4, 0.5) is 5.69 Å². The van der Waals surface area contributed by atoms with E-state index in [0.29, 0.717) is 43.6 Å². The van der Waals surface area contributed by atoms with Gasteiger partial charge in [-0.3, -0.25) is 19.4 Å². The van der Waals surface area contributed by atoms with Crippen LogP contribution >= 0.6 is 11.6 Å². The van der Waals surface area contributed by atoms with E-state index < -0.39 is 0 Å². The maximum Gasteiger partial charge on any atom is 0.239 e. The van der Waals surface area contributed by atoms with Crippen molar-refractivity contribution in [1.29, 1.82) is 0 Å². The van der Waals surface area contributed by atoms with Gasteiger partial charge in [0, 0.05) is 39.3 Å². The predicted octanol–water partition coefficient (Wildman–Crippen LogP) is 1.45. The van der Waals surface area contributed by atoms with E-state index in [0.717, 1.165) is 31.7 Å². The molecule has 7 nitrogen and oxygen atoms in total. The Morgan fingerprint density at radius 3 is 2.46 bits per heavy atom. The average molecular weight is 409 g/mol. The molecule has 1 aromatic rings. The highest BCUT2D eigenvalue weighted by atomic mass is 35.5. The molecule has 2 aliphatic heterocycles. The summed E-state index contributed by atoms with van der Waals surface area (Å²) in [4.78, 5) is 31.2. The van der Waals surface area contributed by atoms with Crippen LogP contribution in [0.2, 0.25) is 5.02 Å². The minimum atomic E-state index is -0.138. The van der Waals surface area contributed by atoms with E-state index in [2.05, 4.69) is 15.1 Å². The highest BCUT2D eigenvalue weighted by molar-refractivity contribution is 6.33. The molecule has 2 fully saturated rings. The van der Waals surface area contributed by atoms with Gasteiger partial charge in [0.2, 0.25) is 11.8 Å². The molecule has 0 saturated carbocycles. The molecule has 1 N–H and O–H groups in total. The van der Waals surface area contributed by atoms with Gasteiger partial charge in [-0.2, -0.15) is 0 Å². The number of morpholine rings is 1. The van der Waals surface area contributed by atoms with E-state index in [9.17, 15) is 9.59 Å². The van der Waals surface area contributed by atoms with E-state index in [1.54, 1.807) is 0 Å². The average Bonchev–Trinajstić information content (AvgIpc) is 2.70. The molecule has 1 unspecified atom stereocenters. The number of benzene rings is 1. The van der Waals surface area contributed by atoms with Crippen LogP contribution in [0.1, 0.15) is 12.5 Å². The minimum absolute atomic E-state index is 0.0726. The lowest BCUT2D eigenvalue weighted by atomic mass is 10.2. The largest absolute Gasteiger partial charge is 0.378 e. The summed E-state index contributed by atoms with van der Waals surface area (Å²) < 4.78 is 5.32. The Morgan fingerprint density at radius 2 is 1.82 bits per heavy atom. The van der Waals surface area contributed by atoms with Crippen molar-refractivity contribution in [3.63, 3.8) is 0 Å². The number of halogens is 1. The van der Waals surface area contributed by atoms with Crippen LogP contribution in [0, 0.1) is 6.92 Å². The van der Waals surface area contributed by atoms with Gasteiger partial charge in [0.25, 0.3) is 0 Å². The number of hydrogen-bond donors (Lipinski definition) is 1. The monoisotopic (exact) mass is 408 g/mol. The molecular formula is C20H29ClN4O3. The first kappa shape index (κ1) is 21.0. The molecule has 2 saturated heterocycles. The van der Waals surface area contributed by atoms with Gasteiger partial charge >= 0.3 is 0 Å². The zero-order valence-electron chi connectivity index (χ0n) is 16.6. The van der Waals surface area contributed by atoms with Crippen molar-refractivity contribution in [2.45, 2.75) is 19.9 Å². The highest BCUT2D eigenvalue weighted by Gasteiger charge is 2.29. The quantitative estimate of drug-likeness (QED) is 0.798. The molecule has 2 heterocycles. The van der Waals surface area contributed by atoms with Crippen LogP contribution < -0.4 is 5.32 Å². The Morgan fingerprint density at radius 1 is 1.14 bits per heavy atom. The predicted molar refractivity (Wildman–Crippen MR) is 110 cm³/mol. The lowest BCUT2D eigenvalue weighted by Crippen LogP contribution is -2.56. The molecule has 0 radical (unpaired) electrons. The number of carbonyl (C=O) groups is 2. The fourth-order valence-electron chi connectivity index (χ4n) is 3.63. The van der Waals surface area contributed by atoms with Crippen LogP contribution in [0.25, 0.3) is 0 Å². The van der Waals surface area contributed by atoms with Gasteiger partial charge in [-0.05, 0) is 31.5 Å². The molecule has 1 atom stereocenters. The smallest absolute Gasteiger partial charge is 0.239 e. The fourth-order valence-corrected chi connectivity index (χ4v) is 3.91. The van der Waals surface area contributed by atoms with Gasteiger partial charge in [-0.15, -0.1) is 0 Å². The Balaban J connectivity index is 1.44. The molecule has 2 aliphatic rings. The zero-order chi connectivity index (χ0) is 20.1. The van der Waals surface area contributed by atoms with E-state index in [1.807, 2.05) is 36.9 Å². The number of rotatable bonds is 5. The Kier molecular flexibility index (Phi) is 7.29. The molecule has 154 valence electrons. The van der Waals surface area contributed by atoms with Gasteiger partial charge < -0.3 is 15.0 Å². The summed E-state index contributed by atoms with van der Waals surface area (Å²) in [5, 5.41) is 3.43. The van der Waals surface area contributed by atoms with E-state index in [-0.39, 0.29) is 17.9 Å². The topological polar surface area (TPSA) is 65.1 Å². The maximum absolute atomic E-state index is 12.7. The van der Waals surface area contributed by atoms with Gasteiger partial charge in [-0.1, -0.05) is 17.7 Å². The lowest BCUT2D eigenvalue weighted by molar-refractivity contribution is -0.141. The van der Waals surface area contributed by atoms with E-state index in [1.165, 1.54) is 0 Å². The van der Waals surface area contributed by atoms with Crippen LogP contribution in [0.3, 0.4) is 0 Å². The Hall–Kier alpha value is -1.67. The standard InChI is InChI=1S/C20H29ClN4O3/c1-15-3-4-18(17(21)13-15)22-19(26)14-23-5-7-24(8-6-23)16(2)20(27)25-9-11-28-12-10-25/h3-4,13,16H,5-12,14H2,1-2H3,(H,22,26). The molecule has 8 heteroatoms. The van der Waals surface area contributed by atoms with Crippen molar-refractivity contribution in [2.75, 3.05) is 64.3 Å². The van der Waals surface area contributed by atoms with Crippen molar-refractivity contribution in [1.82, 2.24) is 14.7 Å². The second-order valence-corrected chi connectivity index (χ2v) is 7.86. The zero-order valence-corrected chi connectivity index (χ0v) is 17.4. The first-order valence-corrected chi connectivity index (χ1v) is 10.2. The van der Waals surface area contributed by atoms with E-state index in [4.69, 9.17) is 16.3 Å². The second-order valence-electron chi connectivity index (χ2n) is 7.46. The van der Waals surface area contributed by atoms with Crippen molar-refractivity contribution < 1.29 is 14.3 Å². The number of hydrogen-bond acceptors (Lipinski definition) is 5. The highest BCUT2D eigenvalue weighted by Crippen LogP contribution is 2.22. The third-order valence-electron chi connectivity index (χ3n) is 5.40. The normalized spacial score (nSPS) is 20.0. The number of ether oxygens (including phenoxy) is 1. The molecule has 0 spiro atoms. The van der Waals surface area contributed by atoms with E-state index >= 15 is 0 Å². The summed E-state index contributed by atoms with van der Waals surface area (Å²) >= 11 is 6.19. The number of nitrogens with one attached hydrogen (secondary N) is 1. The third-order valence-corrected chi connectivity index (χ3v) is 5.71. The molecule has 0 bridgehead atoms. The van der Waals surface area contributed by atoms with Crippen molar-refractivity contribution in [2.24, 2.45) is 0 Å². The van der Waals surface area contributed by atoms with Crippen LogP contribution in [0.15, 0.2) is 18.2 Å². The first-order chi connectivity index (χ1) is 13.4. The number of piperazine rings is 1. The molecular weight excluding hydrogens is 380 g/mol. The summed E-state index contributed by atoms with van der Waals surface area (Å²) in [6, 6.07) is 5.45. The molecule has 28 heavy (non-hydrogen) atoms. The maximum atomic E-state index is 12.7. The summed E-state index contributed by atoms with van der Waals surface area (Å²) in [6.45, 7) is 9.90.